The summed E-state index contributed by atoms with van der Waals surface area (Å²) in [6.07, 6.45) is 2.91. The molecule has 0 saturated heterocycles. The van der Waals surface area contributed by atoms with Gasteiger partial charge in [-0.3, -0.25) is 0 Å². The average molecular weight is 281 g/mol. The molecule has 2 N–H and O–H groups in total. The van der Waals surface area contributed by atoms with Crippen LogP contribution in [0.15, 0.2) is 39.3 Å². The first-order valence-electron chi connectivity index (χ1n) is 5.21. The molecule has 2 rings (SSSR count). The lowest BCUT2D eigenvalue weighted by molar-refractivity contribution is 0.382. The smallest absolute Gasteiger partial charge is 0.181 e. The fourth-order valence-corrected chi connectivity index (χ4v) is 1.92. The highest BCUT2D eigenvalue weighted by Crippen LogP contribution is 2.24. The van der Waals surface area contributed by atoms with Crippen LogP contribution < -0.4 is 5.73 Å². The van der Waals surface area contributed by atoms with Crippen molar-refractivity contribution >= 4 is 21.7 Å². The molecule has 0 atom stereocenters. The molecule has 16 heavy (non-hydrogen) atoms. The van der Waals surface area contributed by atoms with E-state index in [2.05, 4.69) is 45.4 Å². The Bertz CT molecular complexity index is 453. The molecule has 0 amide bonds. The van der Waals surface area contributed by atoms with Crippen molar-refractivity contribution in [3.63, 3.8) is 0 Å². The Kier molecular flexibility index (Phi) is 3.62. The lowest BCUT2D eigenvalue weighted by atomic mass is 10.1. The van der Waals surface area contributed by atoms with Gasteiger partial charge in [-0.1, -0.05) is 35.5 Å². The van der Waals surface area contributed by atoms with E-state index >= 15 is 0 Å². The van der Waals surface area contributed by atoms with E-state index in [4.69, 9.17) is 10.3 Å². The van der Waals surface area contributed by atoms with Gasteiger partial charge in [-0.05, 0) is 34.3 Å². The number of aryl methyl sites for hydroxylation is 2. The highest BCUT2D eigenvalue weighted by molar-refractivity contribution is 9.10. The molecule has 0 unspecified atom stereocenters. The molecule has 2 aromatic rings. The van der Waals surface area contributed by atoms with Crippen molar-refractivity contribution in [3.8, 4) is 0 Å². The van der Waals surface area contributed by atoms with E-state index in [0.717, 1.165) is 29.5 Å². The summed E-state index contributed by atoms with van der Waals surface area (Å²) in [6.45, 7) is 0. The molecule has 0 aliphatic rings. The number of nitrogens with zero attached hydrogens (tertiary/aromatic N) is 1. The molecule has 0 bridgehead atoms. The Hall–Kier alpha value is -1.29. The molecule has 0 saturated carbocycles. The predicted molar refractivity (Wildman–Crippen MR) is 67.1 cm³/mol. The van der Waals surface area contributed by atoms with Crippen LogP contribution in [-0.2, 0) is 12.8 Å². The summed E-state index contributed by atoms with van der Waals surface area (Å²) in [6, 6.07) is 10.4. The summed E-state index contributed by atoms with van der Waals surface area (Å²) in [5.74, 6) is 1.25. The predicted octanol–water partition coefficient (Wildman–Crippen LogP) is 3.19. The standard InChI is InChI=1S/C12H13BrN2O/c13-11-10(16-15-12(11)14)8-4-7-9-5-2-1-3-6-9/h1-3,5-6H,4,7-8H2,(H2,14,15). The number of halogens is 1. The largest absolute Gasteiger partial charge is 0.380 e. The minimum atomic E-state index is 0.426. The Labute approximate surface area is 103 Å². The van der Waals surface area contributed by atoms with Gasteiger partial charge in [0.05, 0.1) is 0 Å². The molecule has 1 aromatic heterocycles. The van der Waals surface area contributed by atoms with Gasteiger partial charge in [0.25, 0.3) is 0 Å². The Morgan fingerprint density at radius 2 is 1.94 bits per heavy atom. The summed E-state index contributed by atoms with van der Waals surface area (Å²) in [7, 11) is 0. The van der Waals surface area contributed by atoms with Crippen LogP contribution in [0.4, 0.5) is 5.82 Å². The third-order valence-electron chi connectivity index (χ3n) is 2.44. The third kappa shape index (κ3) is 2.64. The summed E-state index contributed by atoms with van der Waals surface area (Å²) in [4.78, 5) is 0. The minimum absolute atomic E-state index is 0.426. The second-order valence-electron chi connectivity index (χ2n) is 3.64. The number of hydrogen-bond acceptors (Lipinski definition) is 3. The zero-order chi connectivity index (χ0) is 11.4. The van der Waals surface area contributed by atoms with Gasteiger partial charge in [-0.2, -0.15) is 0 Å². The van der Waals surface area contributed by atoms with Crippen molar-refractivity contribution in [2.45, 2.75) is 19.3 Å². The normalized spacial score (nSPS) is 10.6. The Morgan fingerprint density at radius 1 is 1.19 bits per heavy atom. The van der Waals surface area contributed by atoms with Gasteiger partial charge < -0.3 is 10.3 Å². The average Bonchev–Trinajstić information content (AvgIpc) is 2.62. The van der Waals surface area contributed by atoms with E-state index in [1.165, 1.54) is 5.56 Å². The molecule has 4 heteroatoms. The molecule has 1 heterocycles. The maximum Gasteiger partial charge on any atom is 0.181 e. The van der Waals surface area contributed by atoms with E-state index in [1.807, 2.05) is 6.07 Å². The number of hydrogen-bond donors (Lipinski definition) is 1. The maximum absolute atomic E-state index is 5.57. The monoisotopic (exact) mass is 280 g/mol. The third-order valence-corrected chi connectivity index (χ3v) is 3.28. The molecule has 3 nitrogen and oxygen atoms in total. The van der Waals surface area contributed by atoms with Crippen LogP contribution >= 0.6 is 15.9 Å². The second kappa shape index (κ2) is 5.16. The van der Waals surface area contributed by atoms with Crippen LogP contribution in [0.25, 0.3) is 0 Å². The Balaban J connectivity index is 1.87. The molecule has 0 aliphatic carbocycles. The van der Waals surface area contributed by atoms with E-state index in [0.29, 0.717) is 5.82 Å². The van der Waals surface area contributed by atoms with E-state index in [-0.39, 0.29) is 0 Å². The molecule has 0 spiro atoms. The van der Waals surface area contributed by atoms with Crippen molar-refractivity contribution < 1.29 is 4.52 Å². The fourth-order valence-electron chi connectivity index (χ4n) is 1.58. The number of benzene rings is 1. The number of nitrogen functional groups attached to an aromatic ring is 1. The topological polar surface area (TPSA) is 52.0 Å². The second-order valence-corrected chi connectivity index (χ2v) is 4.44. The van der Waals surface area contributed by atoms with Crippen LogP contribution in [0.3, 0.4) is 0 Å². The van der Waals surface area contributed by atoms with Crippen molar-refractivity contribution in [3.05, 3.63) is 46.1 Å². The summed E-state index contributed by atoms with van der Waals surface area (Å²) in [5.41, 5.74) is 6.91. The van der Waals surface area contributed by atoms with Crippen molar-refractivity contribution in [1.29, 1.82) is 0 Å². The highest BCUT2D eigenvalue weighted by Gasteiger charge is 2.09. The lowest BCUT2D eigenvalue weighted by Crippen LogP contribution is -1.89. The van der Waals surface area contributed by atoms with Crippen LogP contribution in [0.1, 0.15) is 17.7 Å². The highest BCUT2D eigenvalue weighted by atomic mass is 79.9. The van der Waals surface area contributed by atoms with Gasteiger partial charge in [0, 0.05) is 6.42 Å². The summed E-state index contributed by atoms with van der Waals surface area (Å²) >= 11 is 3.36. The maximum atomic E-state index is 5.57. The zero-order valence-electron chi connectivity index (χ0n) is 8.82. The molecule has 0 aliphatic heterocycles. The molecule has 0 radical (unpaired) electrons. The van der Waals surface area contributed by atoms with Crippen LogP contribution in [0, 0.1) is 0 Å². The number of anilines is 1. The molecule has 1 aromatic carbocycles. The molecular formula is C12H13BrN2O. The lowest BCUT2D eigenvalue weighted by Gasteiger charge is -1.99. The van der Waals surface area contributed by atoms with Gasteiger partial charge in [0.2, 0.25) is 0 Å². The van der Waals surface area contributed by atoms with E-state index in [1.54, 1.807) is 0 Å². The van der Waals surface area contributed by atoms with Gasteiger partial charge in [-0.25, -0.2) is 0 Å². The summed E-state index contributed by atoms with van der Waals surface area (Å²) < 4.78 is 5.90. The fraction of sp³-hybridized carbons (Fsp3) is 0.250. The van der Waals surface area contributed by atoms with Crippen molar-refractivity contribution in [1.82, 2.24) is 5.16 Å². The summed E-state index contributed by atoms with van der Waals surface area (Å²) in [5, 5.41) is 3.70. The van der Waals surface area contributed by atoms with E-state index in [9.17, 15) is 0 Å². The van der Waals surface area contributed by atoms with Crippen LogP contribution in [-0.4, -0.2) is 5.16 Å². The van der Waals surface area contributed by atoms with Crippen LogP contribution in [0.5, 0.6) is 0 Å². The minimum Gasteiger partial charge on any atom is -0.380 e. The van der Waals surface area contributed by atoms with E-state index < -0.39 is 0 Å². The quantitative estimate of drug-likeness (QED) is 0.936. The number of rotatable bonds is 4. The molecular weight excluding hydrogens is 268 g/mol. The first kappa shape index (κ1) is 11.2. The van der Waals surface area contributed by atoms with Crippen molar-refractivity contribution in [2.75, 3.05) is 5.73 Å². The van der Waals surface area contributed by atoms with Gasteiger partial charge >= 0.3 is 0 Å². The van der Waals surface area contributed by atoms with Gasteiger partial charge in [0.1, 0.15) is 4.47 Å². The van der Waals surface area contributed by atoms with Gasteiger partial charge in [-0.15, -0.1) is 0 Å². The molecule has 84 valence electrons. The first-order valence-corrected chi connectivity index (χ1v) is 6.00. The first-order chi connectivity index (χ1) is 7.77. The number of nitrogens with two attached hydrogens (primary N) is 1. The van der Waals surface area contributed by atoms with Crippen molar-refractivity contribution in [2.24, 2.45) is 0 Å². The number of aromatic nitrogens is 1. The zero-order valence-corrected chi connectivity index (χ0v) is 10.4. The SMILES string of the molecule is Nc1noc(CCCc2ccccc2)c1Br. The van der Waals surface area contributed by atoms with Gasteiger partial charge in [0.15, 0.2) is 11.6 Å². The van der Waals surface area contributed by atoms with Crippen LogP contribution in [0.2, 0.25) is 0 Å². The Morgan fingerprint density at radius 3 is 2.56 bits per heavy atom. The molecule has 0 fully saturated rings.